The van der Waals surface area contributed by atoms with E-state index in [1.54, 1.807) is 0 Å². The van der Waals surface area contributed by atoms with E-state index in [1.807, 2.05) is 0 Å². The van der Waals surface area contributed by atoms with Crippen molar-refractivity contribution < 1.29 is 5.11 Å². The van der Waals surface area contributed by atoms with E-state index in [0.717, 1.165) is 19.3 Å². The highest BCUT2D eigenvalue weighted by Crippen LogP contribution is 2.45. The average Bonchev–Trinajstić information content (AvgIpc) is 2.60. The van der Waals surface area contributed by atoms with Gasteiger partial charge in [-0.05, 0) is 31.0 Å². The molecule has 0 unspecified atom stereocenters. The van der Waals surface area contributed by atoms with E-state index < -0.39 is 0 Å². The van der Waals surface area contributed by atoms with Crippen molar-refractivity contribution in [2.45, 2.75) is 44.4 Å². The number of piperidine rings is 1. The fraction of sp³-hybridized carbons (Fsp3) is 0.429. The Balaban J connectivity index is 1.97. The molecule has 1 aliphatic heterocycles. The van der Waals surface area contributed by atoms with Crippen LogP contribution in [0.25, 0.3) is 0 Å². The van der Waals surface area contributed by atoms with E-state index in [2.05, 4.69) is 79.5 Å². The van der Waals surface area contributed by atoms with Gasteiger partial charge in [0.05, 0.1) is 6.10 Å². The van der Waals surface area contributed by atoms with Crippen LogP contribution in [0.15, 0.2) is 60.7 Å². The third kappa shape index (κ3) is 3.34. The molecule has 2 heteroatoms. The van der Waals surface area contributed by atoms with Crippen molar-refractivity contribution in [2.24, 2.45) is 5.92 Å². The van der Waals surface area contributed by atoms with E-state index in [0.29, 0.717) is 5.92 Å². The zero-order valence-electron chi connectivity index (χ0n) is 14.1. The third-order valence-corrected chi connectivity index (χ3v) is 5.24. The minimum absolute atomic E-state index is 0.249. The summed E-state index contributed by atoms with van der Waals surface area (Å²) in [5.41, 5.74) is 2.61. The van der Waals surface area contributed by atoms with E-state index in [4.69, 9.17) is 0 Å². The van der Waals surface area contributed by atoms with Crippen molar-refractivity contribution in [1.29, 1.82) is 0 Å². The summed E-state index contributed by atoms with van der Waals surface area (Å²) in [5.74, 6) is 0.298. The van der Waals surface area contributed by atoms with Gasteiger partial charge < -0.3 is 5.11 Å². The minimum Gasteiger partial charge on any atom is -0.393 e. The van der Waals surface area contributed by atoms with Crippen molar-refractivity contribution >= 4 is 0 Å². The van der Waals surface area contributed by atoms with Gasteiger partial charge in [-0.1, -0.05) is 74.0 Å². The lowest BCUT2D eigenvalue weighted by Crippen LogP contribution is -2.45. The van der Waals surface area contributed by atoms with Crippen molar-refractivity contribution in [2.75, 3.05) is 7.05 Å². The van der Waals surface area contributed by atoms with Crippen LogP contribution in [0.5, 0.6) is 0 Å². The van der Waals surface area contributed by atoms with Gasteiger partial charge in [-0.2, -0.15) is 0 Å². The Morgan fingerprint density at radius 3 is 2.09 bits per heavy atom. The van der Waals surface area contributed by atoms with E-state index in [9.17, 15) is 5.11 Å². The SMILES string of the molecule is CCC[C@@H]1[C@H](O)C[C@H](c2ccccc2)N(C)[C@@H]1c1ccccc1. The molecule has 0 saturated carbocycles. The summed E-state index contributed by atoms with van der Waals surface area (Å²) in [4.78, 5) is 2.47. The molecule has 1 heterocycles. The summed E-state index contributed by atoms with van der Waals surface area (Å²) in [7, 11) is 2.21. The predicted molar refractivity (Wildman–Crippen MR) is 95.2 cm³/mol. The molecule has 2 nitrogen and oxygen atoms in total. The lowest BCUT2D eigenvalue weighted by atomic mass is 9.76. The molecule has 2 aromatic carbocycles. The summed E-state index contributed by atoms with van der Waals surface area (Å²) in [6.45, 7) is 2.21. The quantitative estimate of drug-likeness (QED) is 0.893. The van der Waals surface area contributed by atoms with Gasteiger partial charge in [0, 0.05) is 18.0 Å². The highest BCUT2D eigenvalue weighted by Gasteiger charge is 2.41. The average molecular weight is 309 g/mol. The highest BCUT2D eigenvalue weighted by atomic mass is 16.3. The maximum atomic E-state index is 10.9. The number of aliphatic hydroxyl groups is 1. The fourth-order valence-electron chi connectivity index (χ4n) is 4.14. The number of likely N-dealkylation sites (tertiary alicyclic amines) is 1. The van der Waals surface area contributed by atoms with Crippen LogP contribution in [0, 0.1) is 5.92 Å². The van der Waals surface area contributed by atoms with Gasteiger partial charge in [0.2, 0.25) is 0 Å². The molecular formula is C21H27NO. The summed E-state index contributed by atoms with van der Waals surface area (Å²) in [6, 6.07) is 21.8. The molecule has 1 fully saturated rings. The van der Waals surface area contributed by atoms with Gasteiger partial charge in [0.25, 0.3) is 0 Å². The molecule has 1 N–H and O–H groups in total. The number of nitrogens with zero attached hydrogens (tertiary/aromatic N) is 1. The second kappa shape index (κ2) is 7.29. The van der Waals surface area contributed by atoms with Crippen molar-refractivity contribution in [1.82, 2.24) is 4.90 Å². The summed E-state index contributed by atoms with van der Waals surface area (Å²) in [6.07, 6.45) is 2.73. The first-order chi connectivity index (χ1) is 11.2. The van der Waals surface area contributed by atoms with Crippen LogP contribution in [0.1, 0.15) is 49.4 Å². The molecule has 0 aromatic heterocycles. The van der Waals surface area contributed by atoms with Gasteiger partial charge in [-0.3, -0.25) is 4.90 Å². The van der Waals surface area contributed by atoms with E-state index in [-0.39, 0.29) is 18.2 Å². The zero-order chi connectivity index (χ0) is 16.2. The molecule has 1 saturated heterocycles. The van der Waals surface area contributed by atoms with Crippen LogP contribution in [0.2, 0.25) is 0 Å². The number of hydrogen-bond donors (Lipinski definition) is 1. The Labute approximate surface area is 139 Å². The highest BCUT2D eigenvalue weighted by molar-refractivity contribution is 5.25. The first kappa shape index (κ1) is 16.2. The number of rotatable bonds is 4. The van der Waals surface area contributed by atoms with Crippen LogP contribution >= 0.6 is 0 Å². The molecule has 0 radical (unpaired) electrons. The molecular weight excluding hydrogens is 282 g/mol. The molecule has 1 aliphatic rings. The maximum absolute atomic E-state index is 10.9. The second-order valence-electron chi connectivity index (χ2n) is 6.70. The molecule has 23 heavy (non-hydrogen) atoms. The van der Waals surface area contributed by atoms with Crippen LogP contribution in [-0.4, -0.2) is 23.2 Å². The first-order valence-electron chi connectivity index (χ1n) is 8.72. The van der Waals surface area contributed by atoms with Gasteiger partial charge in [-0.25, -0.2) is 0 Å². The van der Waals surface area contributed by atoms with Crippen LogP contribution in [-0.2, 0) is 0 Å². The third-order valence-electron chi connectivity index (χ3n) is 5.24. The molecule has 0 spiro atoms. The Hall–Kier alpha value is -1.64. The summed E-state index contributed by atoms with van der Waals surface area (Å²) in [5, 5.41) is 10.9. The Bertz CT molecular complexity index is 598. The van der Waals surface area contributed by atoms with Crippen molar-refractivity contribution in [3.63, 3.8) is 0 Å². The summed E-state index contributed by atoms with van der Waals surface area (Å²) >= 11 is 0. The van der Waals surface area contributed by atoms with Crippen LogP contribution in [0.4, 0.5) is 0 Å². The molecule has 0 bridgehead atoms. The van der Waals surface area contributed by atoms with Crippen LogP contribution < -0.4 is 0 Å². The zero-order valence-corrected chi connectivity index (χ0v) is 14.1. The molecule has 0 aliphatic carbocycles. The minimum atomic E-state index is -0.249. The lowest BCUT2D eigenvalue weighted by Gasteiger charge is -2.47. The van der Waals surface area contributed by atoms with E-state index >= 15 is 0 Å². The Kier molecular flexibility index (Phi) is 5.14. The van der Waals surface area contributed by atoms with Crippen LogP contribution in [0.3, 0.4) is 0 Å². The predicted octanol–water partition coefficient (Wildman–Crippen LogP) is 4.58. The van der Waals surface area contributed by atoms with Crippen molar-refractivity contribution in [3.05, 3.63) is 71.8 Å². The second-order valence-corrected chi connectivity index (χ2v) is 6.70. The normalized spacial score (nSPS) is 28.7. The molecule has 3 rings (SSSR count). The Morgan fingerprint density at radius 1 is 0.957 bits per heavy atom. The number of benzene rings is 2. The molecule has 122 valence electrons. The monoisotopic (exact) mass is 309 g/mol. The van der Waals surface area contributed by atoms with Gasteiger partial charge in [0.1, 0.15) is 0 Å². The molecule has 0 amide bonds. The number of hydrogen-bond acceptors (Lipinski definition) is 2. The molecule has 2 aromatic rings. The van der Waals surface area contributed by atoms with E-state index in [1.165, 1.54) is 11.1 Å². The topological polar surface area (TPSA) is 23.5 Å². The molecule has 4 atom stereocenters. The smallest absolute Gasteiger partial charge is 0.0604 e. The van der Waals surface area contributed by atoms with Gasteiger partial charge >= 0.3 is 0 Å². The van der Waals surface area contributed by atoms with Crippen molar-refractivity contribution in [3.8, 4) is 0 Å². The standard InChI is InChI=1S/C21H27NO/c1-3-10-18-20(23)15-19(16-11-6-4-7-12-16)22(2)21(18)17-13-8-5-9-14-17/h4-9,11-14,18-21,23H,3,10,15H2,1-2H3/t18-,19-,20-,21-/m1/s1. The fourth-order valence-corrected chi connectivity index (χ4v) is 4.14. The van der Waals surface area contributed by atoms with Gasteiger partial charge in [0.15, 0.2) is 0 Å². The Morgan fingerprint density at radius 2 is 1.52 bits per heavy atom. The first-order valence-corrected chi connectivity index (χ1v) is 8.72. The maximum Gasteiger partial charge on any atom is 0.0604 e. The number of aliphatic hydroxyl groups excluding tert-OH is 1. The summed E-state index contributed by atoms with van der Waals surface area (Å²) < 4.78 is 0. The lowest BCUT2D eigenvalue weighted by molar-refractivity contribution is -0.0439. The van der Waals surface area contributed by atoms with Gasteiger partial charge in [-0.15, -0.1) is 0 Å². The largest absolute Gasteiger partial charge is 0.393 e.